The number of pyridine rings is 2. The van der Waals surface area contributed by atoms with Crippen molar-refractivity contribution in [1.82, 2.24) is 23.7 Å². The summed E-state index contributed by atoms with van der Waals surface area (Å²) in [6.45, 7) is 10.4. The van der Waals surface area contributed by atoms with Gasteiger partial charge in [-0.25, -0.2) is 9.97 Å². The number of hydrogen-bond acceptors (Lipinski definition) is 5. The SMILES string of the molecule is CCN1CCN(c2ccc3nc(-c4cc(Cl)c5nc(C)cn5c4)cc(=O)n3c2)CC1C. The number of hydrogen-bond donors (Lipinski definition) is 0. The van der Waals surface area contributed by atoms with Crippen LogP contribution in [0.3, 0.4) is 0 Å². The van der Waals surface area contributed by atoms with Crippen molar-refractivity contribution in [3.8, 4) is 11.3 Å². The Labute approximate surface area is 185 Å². The standard InChI is InChI=1S/C23H25ClN6O/c1-4-27-7-8-28(12-16(27)3)18-5-6-21-26-20(10-22(31)30(21)14-18)17-9-19(24)23-25-15(2)11-29(23)13-17/h5-6,9-11,13-14,16H,4,7-8,12H2,1-3H3. The van der Waals surface area contributed by atoms with Crippen LogP contribution in [0.15, 0.2) is 47.7 Å². The minimum Gasteiger partial charge on any atom is -0.367 e. The van der Waals surface area contributed by atoms with Gasteiger partial charge in [0.05, 0.1) is 22.1 Å². The number of imidazole rings is 1. The second-order valence-corrected chi connectivity index (χ2v) is 8.62. The van der Waals surface area contributed by atoms with Gasteiger partial charge in [0.15, 0.2) is 5.65 Å². The molecule has 0 aromatic carbocycles. The first-order valence-electron chi connectivity index (χ1n) is 10.6. The van der Waals surface area contributed by atoms with Crippen molar-refractivity contribution < 1.29 is 0 Å². The van der Waals surface area contributed by atoms with Gasteiger partial charge < -0.3 is 9.30 Å². The summed E-state index contributed by atoms with van der Waals surface area (Å²) in [6.07, 6.45) is 5.71. The van der Waals surface area contributed by atoms with E-state index in [4.69, 9.17) is 16.6 Å². The highest BCUT2D eigenvalue weighted by Gasteiger charge is 2.23. The molecule has 31 heavy (non-hydrogen) atoms. The van der Waals surface area contributed by atoms with E-state index in [0.717, 1.165) is 43.1 Å². The van der Waals surface area contributed by atoms with E-state index in [2.05, 4.69) is 34.7 Å². The average molecular weight is 437 g/mol. The normalized spacial score (nSPS) is 17.7. The zero-order valence-electron chi connectivity index (χ0n) is 17.9. The lowest BCUT2D eigenvalue weighted by Gasteiger charge is -2.40. The monoisotopic (exact) mass is 436 g/mol. The zero-order chi connectivity index (χ0) is 21.7. The molecule has 1 saturated heterocycles. The molecule has 8 heteroatoms. The number of nitrogens with zero attached hydrogens (tertiary/aromatic N) is 6. The van der Waals surface area contributed by atoms with Crippen molar-refractivity contribution in [3.05, 3.63) is 63.9 Å². The highest BCUT2D eigenvalue weighted by molar-refractivity contribution is 6.33. The molecule has 160 valence electrons. The molecule has 0 aliphatic carbocycles. The number of aromatic nitrogens is 4. The van der Waals surface area contributed by atoms with Gasteiger partial charge in [0, 0.05) is 55.9 Å². The van der Waals surface area contributed by atoms with E-state index in [1.54, 1.807) is 10.5 Å². The Morgan fingerprint density at radius 3 is 2.74 bits per heavy atom. The fraction of sp³-hybridized carbons (Fsp3) is 0.348. The Morgan fingerprint density at radius 1 is 1.13 bits per heavy atom. The molecule has 1 atom stereocenters. The lowest BCUT2D eigenvalue weighted by atomic mass is 10.1. The molecule has 4 aromatic heterocycles. The van der Waals surface area contributed by atoms with Crippen LogP contribution >= 0.6 is 11.6 Å². The number of likely N-dealkylation sites (N-methyl/N-ethyl adjacent to an activating group) is 1. The van der Waals surface area contributed by atoms with E-state index in [1.165, 1.54) is 0 Å². The van der Waals surface area contributed by atoms with Gasteiger partial charge >= 0.3 is 0 Å². The van der Waals surface area contributed by atoms with Crippen LogP contribution in [0.5, 0.6) is 0 Å². The third-order valence-corrected chi connectivity index (χ3v) is 6.38. The van der Waals surface area contributed by atoms with Crippen molar-refractivity contribution >= 4 is 28.6 Å². The summed E-state index contributed by atoms with van der Waals surface area (Å²) in [6, 6.07) is 7.83. The Kier molecular flexibility index (Phi) is 4.95. The molecular formula is C23H25ClN6O. The lowest BCUT2D eigenvalue weighted by Crippen LogP contribution is -2.51. The molecule has 7 nitrogen and oxygen atoms in total. The highest BCUT2D eigenvalue weighted by Crippen LogP contribution is 2.25. The Hall–Kier alpha value is -2.90. The summed E-state index contributed by atoms with van der Waals surface area (Å²) in [7, 11) is 0. The average Bonchev–Trinajstić information content (AvgIpc) is 3.14. The number of fused-ring (bicyclic) bond motifs is 2. The van der Waals surface area contributed by atoms with Gasteiger partial charge in [-0.15, -0.1) is 0 Å². The quantitative estimate of drug-likeness (QED) is 0.492. The van der Waals surface area contributed by atoms with Crippen molar-refractivity contribution in [2.45, 2.75) is 26.8 Å². The largest absolute Gasteiger partial charge is 0.367 e. The van der Waals surface area contributed by atoms with E-state index in [-0.39, 0.29) is 5.56 Å². The molecule has 0 spiro atoms. The van der Waals surface area contributed by atoms with E-state index in [9.17, 15) is 4.79 Å². The van der Waals surface area contributed by atoms with Gasteiger partial charge in [0.25, 0.3) is 5.56 Å². The molecule has 5 heterocycles. The van der Waals surface area contributed by atoms with Gasteiger partial charge in [0.2, 0.25) is 0 Å². The highest BCUT2D eigenvalue weighted by atomic mass is 35.5. The maximum atomic E-state index is 13.0. The van der Waals surface area contributed by atoms with Crippen LogP contribution in [0.2, 0.25) is 5.02 Å². The molecule has 0 N–H and O–H groups in total. The molecule has 1 aliphatic heterocycles. The smallest absolute Gasteiger partial charge is 0.258 e. The van der Waals surface area contributed by atoms with Crippen LogP contribution in [0.1, 0.15) is 19.5 Å². The minimum atomic E-state index is -0.111. The van der Waals surface area contributed by atoms with Crippen LogP contribution in [0.25, 0.3) is 22.6 Å². The molecule has 0 amide bonds. The van der Waals surface area contributed by atoms with E-state index in [1.807, 2.05) is 42.0 Å². The van der Waals surface area contributed by atoms with E-state index in [0.29, 0.717) is 28.1 Å². The molecule has 4 aromatic rings. The van der Waals surface area contributed by atoms with Gasteiger partial charge in [-0.05, 0) is 38.6 Å². The Bertz CT molecular complexity index is 1340. The summed E-state index contributed by atoms with van der Waals surface area (Å²) in [5, 5.41) is 0.531. The number of rotatable bonds is 3. The topological polar surface area (TPSA) is 58.2 Å². The maximum absolute atomic E-state index is 13.0. The number of halogens is 1. The van der Waals surface area contributed by atoms with E-state index < -0.39 is 0 Å². The zero-order valence-corrected chi connectivity index (χ0v) is 18.7. The first kappa shape index (κ1) is 20.0. The number of piperazine rings is 1. The molecule has 5 rings (SSSR count). The van der Waals surface area contributed by atoms with Crippen molar-refractivity contribution in [1.29, 1.82) is 0 Å². The molecule has 0 bridgehead atoms. The van der Waals surface area contributed by atoms with Crippen LogP contribution < -0.4 is 10.5 Å². The Balaban J connectivity index is 1.52. The minimum absolute atomic E-state index is 0.111. The van der Waals surface area contributed by atoms with Crippen LogP contribution in [0, 0.1) is 6.92 Å². The summed E-state index contributed by atoms with van der Waals surface area (Å²) in [5.41, 5.74) is 4.51. The van der Waals surface area contributed by atoms with Crippen molar-refractivity contribution in [2.24, 2.45) is 0 Å². The third-order valence-electron chi connectivity index (χ3n) is 6.10. The van der Waals surface area contributed by atoms with Gasteiger partial charge in [-0.2, -0.15) is 0 Å². The summed E-state index contributed by atoms with van der Waals surface area (Å²) in [5.74, 6) is 0. The van der Waals surface area contributed by atoms with Gasteiger partial charge in [0.1, 0.15) is 5.65 Å². The van der Waals surface area contributed by atoms with Gasteiger partial charge in [-0.1, -0.05) is 18.5 Å². The molecule has 1 fully saturated rings. The summed E-state index contributed by atoms with van der Waals surface area (Å²) in [4.78, 5) is 26.9. The third kappa shape index (κ3) is 3.58. The Morgan fingerprint density at radius 2 is 1.97 bits per heavy atom. The second kappa shape index (κ2) is 7.66. The second-order valence-electron chi connectivity index (χ2n) is 8.21. The fourth-order valence-electron chi connectivity index (χ4n) is 4.45. The molecule has 1 unspecified atom stereocenters. The molecule has 0 radical (unpaired) electrons. The molecular weight excluding hydrogens is 412 g/mol. The predicted molar refractivity (Wildman–Crippen MR) is 124 cm³/mol. The number of anilines is 1. The fourth-order valence-corrected chi connectivity index (χ4v) is 4.70. The first-order valence-corrected chi connectivity index (χ1v) is 11.0. The number of aryl methyl sites for hydroxylation is 1. The summed E-state index contributed by atoms with van der Waals surface area (Å²) < 4.78 is 3.49. The maximum Gasteiger partial charge on any atom is 0.258 e. The van der Waals surface area contributed by atoms with Crippen molar-refractivity contribution in [2.75, 3.05) is 31.1 Å². The van der Waals surface area contributed by atoms with Gasteiger partial charge in [-0.3, -0.25) is 14.1 Å². The van der Waals surface area contributed by atoms with Crippen LogP contribution in [0.4, 0.5) is 5.69 Å². The van der Waals surface area contributed by atoms with Crippen molar-refractivity contribution in [3.63, 3.8) is 0 Å². The molecule has 0 saturated carbocycles. The lowest BCUT2D eigenvalue weighted by molar-refractivity contribution is 0.199. The summed E-state index contributed by atoms with van der Waals surface area (Å²) >= 11 is 6.42. The van der Waals surface area contributed by atoms with Crippen LogP contribution in [-0.2, 0) is 0 Å². The predicted octanol–water partition coefficient (Wildman–Crippen LogP) is 3.50. The first-order chi connectivity index (χ1) is 14.9. The van der Waals surface area contributed by atoms with E-state index >= 15 is 0 Å². The van der Waals surface area contributed by atoms with Crippen LogP contribution in [-0.4, -0.2) is 55.9 Å². The molecule has 1 aliphatic rings.